The molecule has 6 heteroatoms. The van der Waals surface area contributed by atoms with Gasteiger partial charge >= 0.3 is 5.69 Å². The zero-order valence-electron chi connectivity index (χ0n) is 12.5. The third kappa shape index (κ3) is 2.95. The summed E-state index contributed by atoms with van der Waals surface area (Å²) >= 11 is 0. The predicted octanol–water partition coefficient (Wildman–Crippen LogP) is 1.03. The summed E-state index contributed by atoms with van der Waals surface area (Å²) < 4.78 is 5.51. The van der Waals surface area contributed by atoms with Gasteiger partial charge in [0.2, 0.25) is 0 Å². The molecule has 6 nitrogen and oxygen atoms in total. The molecule has 0 saturated carbocycles. The van der Waals surface area contributed by atoms with E-state index in [0.29, 0.717) is 19.0 Å². The Hall–Kier alpha value is -1.82. The van der Waals surface area contributed by atoms with Gasteiger partial charge in [0.05, 0.1) is 6.54 Å². The molecule has 0 spiro atoms. The number of rotatable bonds is 5. The lowest BCUT2D eigenvalue weighted by atomic mass is 9.99. The minimum absolute atomic E-state index is 0.0187. The Balaban J connectivity index is 1.80. The molecule has 1 aliphatic rings. The van der Waals surface area contributed by atoms with Crippen LogP contribution in [0.1, 0.15) is 31.5 Å². The maximum atomic E-state index is 12.5. The smallest absolute Gasteiger partial charge is 0.345 e. The second-order valence-corrected chi connectivity index (χ2v) is 5.57. The first-order valence-electron chi connectivity index (χ1n) is 7.78. The highest BCUT2D eigenvalue weighted by atomic mass is 16.2. The van der Waals surface area contributed by atoms with Crippen LogP contribution in [-0.2, 0) is 19.6 Å². The molecule has 0 aromatic carbocycles. The van der Waals surface area contributed by atoms with Gasteiger partial charge in [0, 0.05) is 37.9 Å². The van der Waals surface area contributed by atoms with Crippen molar-refractivity contribution < 1.29 is 0 Å². The number of hydrogen-bond acceptors (Lipinski definition) is 3. The maximum absolute atomic E-state index is 12.5. The van der Waals surface area contributed by atoms with Crippen molar-refractivity contribution in [1.82, 2.24) is 24.2 Å². The van der Waals surface area contributed by atoms with Crippen LogP contribution in [0.2, 0.25) is 0 Å². The standard InChI is InChI=1S/C15H23N5O/c1-2-19-14(13-6-5-7-16-12-13)17-20(15(19)21)11-10-18-8-3-4-9-18/h3-4,8-9,13,16H,2,5-7,10-12H2,1H3. The summed E-state index contributed by atoms with van der Waals surface area (Å²) in [5, 5.41) is 8.02. The van der Waals surface area contributed by atoms with Crippen molar-refractivity contribution >= 4 is 0 Å². The van der Waals surface area contributed by atoms with E-state index in [4.69, 9.17) is 0 Å². The Morgan fingerprint density at radius 3 is 2.81 bits per heavy atom. The molecule has 3 heterocycles. The van der Waals surface area contributed by atoms with Crippen LogP contribution >= 0.6 is 0 Å². The second-order valence-electron chi connectivity index (χ2n) is 5.57. The minimum atomic E-state index is 0.0187. The van der Waals surface area contributed by atoms with Crippen molar-refractivity contribution in [2.75, 3.05) is 13.1 Å². The van der Waals surface area contributed by atoms with Crippen LogP contribution in [0.5, 0.6) is 0 Å². The third-order valence-electron chi connectivity index (χ3n) is 4.17. The first-order chi connectivity index (χ1) is 10.3. The van der Waals surface area contributed by atoms with E-state index in [1.54, 1.807) is 4.68 Å². The van der Waals surface area contributed by atoms with Gasteiger partial charge in [-0.3, -0.25) is 4.57 Å². The normalized spacial score (nSPS) is 19.0. The van der Waals surface area contributed by atoms with Gasteiger partial charge in [0.15, 0.2) is 0 Å². The van der Waals surface area contributed by atoms with E-state index in [-0.39, 0.29) is 5.69 Å². The lowest BCUT2D eigenvalue weighted by molar-refractivity contribution is 0.429. The Bertz CT molecular complexity index is 619. The summed E-state index contributed by atoms with van der Waals surface area (Å²) in [5.74, 6) is 1.31. The van der Waals surface area contributed by atoms with Gasteiger partial charge in [-0.2, -0.15) is 5.10 Å². The number of aryl methyl sites for hydroxylation is 2. The molecule has 0 radical (unpaired) electrons. The van der Waals surface area contributed by atoms with Crippen molar-refractivity contribution in [3.8, 4) is 0 Å². The van der Waals surface area contributed by atoms with Crippen LogP contribution in [0.25, 0.3) is 0 Å². The Kier molecular flexibility index (Phi) is 4.24. The molecular weight excluding hydrogens is 266 g/mol. The molecule has 1 unspecified atom stereocenters. The molecule has 114 valence electrons. The molecule has 1 N–H and O–H groups in total. The molecule has 3 rings (SSSR count). The van der Waals surface area contributed by atoms with Gasteiger partial charge in [-0.05, 0) is 38.4 Å². The fraction of sp³-hybridized carbons (Fsp3) is 0.600. The van der Waals surface area contributed by atoms with Crippen molar-refractivity contribution in [3.63, 3.8) is 0 Å². The summed E-state index contributed by atoms with van der Waals surface area (Å²) in [4.78, 5) is 12.5. The monoisotopic (exact) mass is 289 g/mol. The molecule has 2 aromatic heterocycles. The zero-order valence-corrected chi connectivity index (χ0v) is 12.5. The molecule has 1 atom stereocenters. The number of piperidine rings is 1. The van der Waals surface area contributed by atoms with Crippen LogP contribution in [0, 0.1) is 0 Å². The SMILES string of the molecule is CCn1c(C2CCCNC2)nn(CCn2cccc2)c1=O. The minimum Gasteiger partial charge on any atom is -0.352 e. The summed E-state index contributed by atoms with van der Waals surface area (Å²) in [6.07, 6.45) is 6.28. The van der Waals surface area contributed by atoms with E-state index in [0.717, 1.165) is 38.3 Å². The zero-order chi connectivity index (χ0) is 14.7. The summed E-state index contributed by atoms with van der Waals surface area (Å²) in [5.41, 5.74) is 0.0187. The third-order valence-corrected chi connectivity index (χ3v) is 4.17. The van der Waals surface area contributed by atoms with Gasteiger partial charge in [-0.1, -0.05) is 0 Å². The summed E-state index contributed by atoms with van der Waals surface area (Å²) in [7, 11) is 0. The first-order valence-corrected chi connectivity index (χ1v) is 7.78. The van der Waals surface area contributed by atoms with Gasteiger partial charge < -0.3 is 9.88 Å². The average molecular weight is 289 g/mol. The van der Waals surface area contributed by atoms with Crippen LogP contribution in [-0.4, -0.2) is 32.0 Å². The molecule has 1 saturated heterocycles. The van der Waals surface area contributed by atoms with Crippen molar-refractivity contribution in [1.29, 1.82) is 0 Å². The Morgan fingerprint density at radius 1 is 1.33 bits per heavy atom. The number of nitrogens with zero attached hydrogens (tertiary/aromatic N) is 4. The van der Waals surface area contributed by atoms with E-state index in [2.05, 4.69) is 15.0 Å². The predicted molar refractivity (Wildman–Crippen MR) is 81.4 cm³/mol. The Labute approximate surface area is 124 Å². The fourth-order valence-electron chi connectivity index (χ4n) is 3.00. The molecular formula is C15H23N5O. The number of hydrogen-bond donors (Lipinski definition) is 1. The van der Waals surface area contributed by atoms with Crippen molar-refractivity contribution in [2.24, 2.45) is 0 Å². The summed E-state index contributed by atoms with van der Waals surface area (Å²) in [6.45, 7) is 6.09. The van der Waals surface area contributed by atoms with Crippen molar-refractivity contribution in [3.05, 3.63) is 40.8 Å². The number of nitrogens with one attached hydrogen (secondary N) is 1. The van der Waals surface area contributed by atoms with Gasteiger partial charge in [0.1, 0.15) is 5.82 Å². The van der Waals surface area contributed by atoms with Gasteiger partial charge in [-0.15, -0.1) is 0 Å². The topological polar surface area (TPSA) is 56.8 Å². The highest BCUT2D eigenvalue weighted by molar-refractivity contribution is 5.00. The van der Waals surface area contributed by atoms with E-state index in [1.807, 2.05) is 36.0 Å². The molecule has 0 aliphatic carbocycles. The van der Waals surface area contributed by atoms with Gasteiger partial charge in [0.25, 0.3) is 0 Å². The summed E-state index contributed by atoms with van der Waals surface area (Å²) in [6, 6.07) is 3.99. The van der Waals surface area contributed by atoms with Crippen LogP contribution in [0.15, 0.2) is 29.3 Å². The first kappa shape index (κ1) is 14.1. The highest BCUT2D eigenvalue weighted by Crippen LogP contribution is 2.20. The highest BCUT2D eigenvalue weighted by Gasteiger charge is 2.23. The van der Waals surface area contributed by atoms with Gasteiger partial charge in [-0.25, -0.2) is 9.48 Å². The molecule has 2 aromatic rings. The van der Waals surface area contributed by atoms with E-state index >= 15 is 0 Å². The van der Waals surface area contributed by atoms with E-state index in [9.17, 15) is 4.79 Å². The molecule has 21 heavy (non-hydrogen) atoms. The lowest BCUT2D eigenvalue weighted by Crippen LogP contribution is -2.31. The van der Waals surface area contributed by atoms with E-state index in [1.165, 1.54) is 0 Å². The van der Waals surface area contributed by atoms with Crippen LogP contribution < -0.4 is 11.0 Å². The molecule has 0 amide bonds. The molecule has 1 aliphatic heterocycles. The van der Waals surface area contributed by atoms with Crippen molar-refractivity contribution in [2.45, 2.75) is 45.3 Å². The molecule has 1 fully saturated rings. The second kappa shape index (κ2) is 6.30. The van der Waals surface area contributed by atoms with Crippen LogP contribution in [0.3, 0.4) is 0 Å². The van der Waals surface area contributed by atoms with E-state index < -0.39 is 0 Å². The maximum Gasteiger partial charge on any atom is 0.345 e. The average Bonchev–Trinajstić information content (AvgIpc) is 3.14. The quantitative estimate of drug-likeness (QED) is 0.894. The number of aromatic nitrogens is 4. The molecule has 0 bridgehead atoms. The van der Waals surface area contributed by atoms with Crippen LogP contribution in [0.4, 0.5) is 0 Å². The largest absolute Gasteiger partial charge is 0.352 e. The fourth-order valence-corrected chi connectivity index (χ4v) is 3.00. The lowest BCUT2D eigenvalue weighted by Gasteiger charge is -2.21. The Morgan fingerprint density at radius 2 is 2.14 bits per heavy atom.